The van der Waals surface area contributed by atoms with Gasteiger partial charge in [0, 0.05) is 11.6 Å². The summed E-state index contributed by atoms with van der Waals surface area (Å²) < 4.78 is 10.8. The third-order valence-corrected chi connectivity index (χ3v) is 2.78. The topological polar surface area (TPSA) is 102 Å². The second-order valence-electron chi connectivity index (χ2n) is 4.14. The Morgan fingerprint density at radius 1 is 1.20 bits per heavy atom. The van der Waals surface area contributed by atoms with Crippen LogP contribution in [-0.4, -0.2) is 34.3 Å². The van der Waals surface area contributed by atoms with Crippen LogP contribution in [0.5, 0.6) is 11.5 Å². The number of benzene rings is 1. The van der Waals surface area contributed by atoms with Gasteiger partial charge in [0.1, 0.15) is 19.0 Å². The molecule has 1 aliphatic heterocycles. The van der Waals surface area contributed by atoms with E-state index in [0.717, 1.165) is 6.07 Å². The molecule has 0 aliphatic carbocycles. The highest BCUT2D eigenvalue weighted by Gasteiger charge is 2.15. The number of rotatable bonds is 2. The molecular weight excluding hydrogens is 264 g/mol. The molecule has 2 aromatic rings. The van der Waals surface area contributed by atoms with Crippen molar-refractivity contribution in [3.63, 3.8) is 0 Å². The number of ether oxygens (including phenoxy) is 2. The summed E-state index contributed by atoms with van der Waals surface area (Å²) in [5.74, 6) is 0.0654. The molecule has 0 spiro atoms. The van der Waals surface area contributed by atoms with Crippen LogP contribution < -0.4 is 15.0 Å². The summed E-state index contributed by atoms with van der Waals surface area (Å²) in [6, 6.07) is 5.96. The van der Waals surface area contributed by atoms with Gasteiger partial charge < -0.3 is 19.6 Å². The molecule has 0 bridgehead atoms. The lowest BCUT2D eigenvalue weighted by molar-refractivity contribution is 0.0690. The van der Waals surface area contributed by atoms with Gasteiger partial charge in [0.2, 0.25) is 0 Å². The second kappa shape index (κ2) is 4.69. The fourth-order valence-corrected chi connectivity index (χ4v) is 1.89. The lowest BCUT2D eigenvalue weighted by atomic mass is 10.1. The van der Waals surface area contributed by atoms with Gasteiger partial charge >= 0.3 is 5.97 Å². The lowest BCUT2D eigenvalue weighted by Gasteiger charge is -2.18. The Balaban J connectivity index is 2.09. The number of H-pyrrole nitrogens is 1. The first-order chi connectivity index (χ1) is 9.63. The van der Waals surface area contributed by atoms with Crippen molar-refractivity contribution in [2.45, 2.75) is 0 Å². The summed E-state index contributed by atoms with van der Waals surface area (Å²) >= 11 is 0. The van der Waals surface area contributed by atoms with Crippen LogP contribution >= 0.6 is 0 Å². The zero-order valence-corrected chi connectivity index (χ0v) is 10.3. The summed E-state index contributed by atoms with van der Waals surface area (Å²) in [6.45, 7) is 0.922. The van der Waals surface area contributed by atoms with Gasteiger partial charge in [-0.2, -0.15) is 0 Å². The Labute approximate surface area is 112 Å². The normalized spacial score (nSPS) is 13.0. The average Bonchev–Trinajstić information content (AvgIpc) is 2.46. The van der Waals surface area contributed by atoms with Gasteiger partial charge in [-0.05, 0) is 18.2 Å². The van der Waals surface area contributed by atoms with E-state index >= 15 is 0 Å². The quantitative estimate of drug-likeness (QED) is 0.843. The van der Waals surface area contributed by atoms with Gasteiger partial charge in [0.05, 0.1) is 0 Å². The van der Waals surface area contributed by atoms with E-state index in [0.29, 0.717) is 30.3 Å². The molecule has 1 aromatic heterocycles. The molecule has 7 nitrogen and oxygen atoms in total. The summed E-state index contributed by atoms with van der Waals surface area (Å²) in [6.07, 6.45) is 0. The molecule has 20 heavy (non-hydrogen) atoms. The van der Waals surface area contributed by atoms with E-state index in [-0.39, 0.29) is 11.5 Å². The molecule has 0 fully saturated rings. The molecule has 0 saturated heterocycles. The van der Waals surface area contributed by atoms with Crippen LogP contribution in [0.25, 0.3) is 11.4 Å². The third-order valence-electron chi connectivity index (χ3n) is 2.78. The minimum atomic E-state index is -1.25. The molecule has 1 aromatic carbocycles. The predicted octanol–water partition coefficient (Wildman–Crippen LogP) is 0.906. The maximum atomic E-state index is 11.5. The zero-order valence-electron chi connectivity index (χ0n) is 10.3. The maximum absolute atomic E-state index is 11.5. The number of carboxylic acids is 1. The van der Waals surface area contributed by atoms with Crippen molar-refractivity contribution in [2.75, 3.05) is 13.2 Å². The first-order valence-electron chi connectivity index (χ1n) is 5.88. The average molecular weight is 274 g/mol. The molecule has 0 amide bonds. The Morgan fingerprint density at radius 3 is 2.70 bits per heavy atom. The number of nitrogens with one attached hydrogen (secondary N) is 1. The zero-order chi connectivity index (χ0) is 14.1. The first kappa shape index (κ1) is 12.2. The number of nitrogens with zero attached hydrogens (tertiary/aromatic N) is 1. The van der Waals surface area contributed by atoms with Crippen LogP contribution in [0.2, 0.25) is 0 Å². The standard InChI is InChI=1S/C13H10N2O5/c16-11-6-8(13(17)18)14-12(15-11)7-1-2-9-10(5-7)20-4-3-19-9/h1-2,5-6H,3-4H2,(H,17,18)(H,14,15,16). The van der Waals surface area contributed by atoms with E-state index in [4.69, 9.17) is 14.6 Å². The Kier molecular flexibility index (Phi) is 2.86. The molecule has 2 heterocycles. The van der Waals surface area contributed by atoms with Crippen LogP contribution in [-0.2, 0) is 0 Å². The van der Waals surface area contributed by atoms with Gasteiger partial charge in [-0.25, -0.2) is 9.78 Å². The van der Waals surface area contributed by atoms with Crippen molar-refractivity contribution in [1.82, 2.24) is 9.97 Å². The number of fused-ring (bicyclic) bond motifs is 1. The third kappa shape index (κ3) is 2.20. The Bertz CT molecular complexity index is 738. The van der Waals surface area contributed by atoms with Crippen molar-refractivity contribution in [3.05, 3.63) is 40.3 Å². The van der Waals surface area contributed by atoms with Crippen molar-refractivity contribution >= 4 is 5.97 Å². The minimum Gasteiger partial charge on any atom is -0.486 e. The highest BCUT2D eigenvalue weighted by Crippen LogP contribution is 2.33. The summed E-state index contributed by atoms with van der Waals surface area (Å²) in [7, 11) is 0. The van der Waals surface area contributed by atoms with Crippen LogP contribution in [0, 0.1) is 0 Å². The van der Waals surface area contributed by atoms with Gasteiger partial charge in [-0.3, -0.25) is 4.79 Å². The molecule has 102 valence electrons. The van der Waals surface area contributed by atoms with Crippen molar-refractivity contribution in [1.29, 1.82) is 0 Å². The predicted molar refractivity (Wildman–Crippen MR) is 68.2 cm³/mol. The van der Waals surface area contributed by atoms with E-state index in [1.165, 1.54) is 0 Å². The highest BCUT2D eigenvalue weighted by atomic mass is 16.6. The Hall–Kier alpha value is -2.83. The molecular formula is C13H10N2O5. The van der Waals surface area contributed by atoms with Crippen LogP contribution in [0.1, 0.15) is 10.5 Å². The van der Waals surface area contributed by atoms with Crippen molar-refractivity contribution in [2.24, 2.45) is 0 Å². The second-order valence-corrected chi connectivity index (χ2v) is 4.14. The van der Waals surface area contributed by atoms with Crippen LogP contribution in [0.4, 0.5) is 0 Å². The number of carboxylic acid groups (broad SMARTS) is 1. The van der Waals surface area contributed by atoms with Gasteiger partial charge in [-0.15, -0.1) is 0 Å². The number of aromatic nitrogens is 2. The molecule has 2 N–H and O–H groups in total. The molecule has 0 unspecified atom stereocenters. The number of aromatic amines is 1. The summed E-state index contributed by atoms with van der Waals surface area (Å²) in [5.41, 5.74) is -0.282. The molecule has 7 heteroatoms. The summed E-state index contributed by atoms with van der Waals surface area (Å²) in [5, 5.41) is 8.91. The monoisotopic (exact) mass is 274 g/mol. The molecule has 0 saturated carbocycles. The largest absolute Gasteiger partial charge is 0.486 e. The highest BCUT2D eigenvalue weighted by molar-refractivity contribution is 5.85. The van der Waals surface area contributed by atoms with Crippen LogP contribution in [0.3, 0.4) is 0 Å². The first-order valence-corrected chi connectivity index (χ1v) is 5.88. The van der Waals surface area contributed by atoms with E-state index in [1.54, 1.807) is 18.2 Å². The van der Waals surface area contributed by atoms with E-state index in [2.05, 4.69) is 9.97 Å². The fourth-order valence-electron chi connectivity index (χ4n) is 1.89. The number of hydrogen-bond acceptors (Lipinski definition) is 5. The van der Waals surface area contributed by atoms with E-state index in [9.17, 15) is 9.59 Å². The number of carbonyl (C=O) groups is 1. The van der Waals surface area contributed by atoms with Gasteiger partial charge in [0.25, 0.3) is 5.56 Å². The SMILES string of the molecule is O=C(O)c1cc(=O)[nH]c(-c2ccc3c(c2)OCCO3)n1. The number of aromatic carboxylic acids is 1. The van der Waals surface area contributed by atoms with E-state index in [1.807, 2.05) is 0 Å². The summed E-state index contributed by atoms with van der Waals surface area (Å²) in [4.78, 5) is 28.8. The van der Waals surface area contributed by atoms with Gasteiger partial charge in [0.15, 0.2) is 17.2 Å². The van der Waals surface area contributed by atoms with Crippen molar-refractivity contribution in [3.8, 4) is 22.9 Å². The fraction of sp³-hybridized carbons (Fsp3) is 0.154. The molecule has 1 aliphatic rings. The number of hydrogen-bond donors (Lipinski definition) is 2. The van der Waals surface area contributed by atoms with Crippen LogP contribution in [0.15, 0.2) is 29.1 Å². The van der Waals surface area contributed by atoms with E-state index < -0.39 is 11.5 Å². The molecule has 3 rings (SSSR count). The Morgan fingerprint density at radius 2 is 1.95 bits per heavy atom. The van der Waals surface area contributed by atoms with Crippen molar-refractivity contribution < 1.29 is 19.4 Å². The molecule has 0 atom stereocenters. The smallest absolute Gasteiger partial charge is 0.354 e. The lowest BCUT2D eigenvalue weighted by Crippen LogP contribution is -2.16. The molecule has 0 radical (unpaired) electrons. The maximum Gasteiger partial charge on any atom is 0.354 e. The van der Waals surface area contributed by atoms with Gasteiger partial charge in [-0.1, -0.05) is 0 Å². The minimum absolute atomic E-state index is 0.173.